The molecule has 3 nitrogen and oxygen atoms in total. The Hall–Kier alpha value is -0.640. The minimum absolute atomic E-state index is 0.0512. The zero-order chi connectivity index (χ0) is 8.74. The highest BCUT2D eigenvalue weighted by Crippen LogP contribution is 2.06. The highest BCUT2D eigenvalue weighted by Gasteiger charge is 2.17. The molecule has 0 amide bonds. The molecule has 0 rings (SSSR count). The molecule has 0 atom stereocenters. The van der Waals surface area contributed by atoms with Crippen molar-refractivity contribution in [1.82, 2.24) is 0 Å². The molecule has 0 spiro atoms. The van der Waals surface area contributed by atoms with E-state index in [-0.39, 0.29) is 19.8 Å². The third-order valence-corrected chi connectivity index (χ3v) is 1.28. The largest absolute Gasteiger partial charge is 0.394 e. The van der Waals surface area contributed by atoms with Gasteiger partial charge >= 0.3 is 0 Å². The Labute approximate surface area is 66.6 Å². The van der Waals surface area contributed by atoms with Crippen LogP contribution < -0.4 is 0 Å². The van der Waals surface area contributed by atoms with Crippen molar-refractivity contribution in [2.75, 3.05) is 19.8 Å². The molecule has 0 aliphatic heterocycles. The first kappa shape index (κ1) is 10.4. The predicted molar refractivity (Wildman–Crippen MR) is 43.2 cm³/mol. The Kier molecular flexibility index (Phi) is 4.77. The molecule has 0 saturated heterocycles. The molecule has 0 saturated carbocycles. The van der Waals surface area contributed by atoms with Crippen LogP contribution in [-0.4, -0.2) is 35.6 Å². The number of ether oxygens (including phenoxy) is 1. The predicted octanol–water partition coefficient (Wildman–Crippen LogP) is 0.0984. The van der Waals surface area contributed by atoms with Crippen molar-refractivity contribution >= 4 is 0 Å². The summed E-state index contributed by atoms with van der Waals surface area (Å²) in [6.45, 7) is 7.08. The van der Waals surface area contributed by atoms with Gasteiger partial charge in [-0.2, -0.15) is 0 Å². The van der Waals surface area contributed by atoms with Gasteiger partial charge in [-0.3, -0.25) is 0 Å². The van der Waals surface area contributed by atoms with Gasteiger partial charge in [-0.1, -0.05) is 25.3 Å². The fourth-order valence-electron chi connectivity index (χ4n) is 0.501. The van der Waals surface area contributed by atoms with Crippen LogP contribution in [0.25, 0.3) is 0 Å². The van der Waals surface area contributed by atoms with Crippen LogP contribution in [0.2, 0.25) is 0 Å². The van der Waals surface area contributed by atoms with Gasteiger partial charge in [0, 0.05) is 0 Å². The van der Waals surface area contributed by atoms with E-state index in [1.807, 2.05) is 0 Å². The molecule has 0 radical (unpaired) electrons. The van der Waals surface area contributed by atoms with E-state index < -0.39 is 5.60 Å². The summed E-state index contributed by atoms with van der Waals surface area (Å²) in [4.78, 5) is 0. The Bertz CT molecular complexity index is 123. The number of hydrogen-bond donors (Lipinski definition) is 2. The lowest BCUT2D eigenvalue weighted by molar-refractivity contribution is 0.00450. The van der Waals surface area contributed by atoms with E-state index in [0.29, 0.717) is 0 Å². The standard InChI is InChI=1S/C8H14O3/c1-3-8(10,4-2)7-11-6-5-9/h3-4,9-10H,1-2,5-7H2. The maximum atomic E-state index is 9.41. The van der Waals surface area contributed by atoms with E-state index in [2.05, 4.69) is 13.2 Å². The summed E-state index contributed by atoms with van der Waals surface area (Å²) >= 11 is 0. The Balaban J connectivity index is 3.69. The van der Waals surface area contributed by atoms with Gasteiger partial charge in [0.15, 0.2) is 0 Å². The second-order valence-electron chi connectivity index (χ2n) is 2.18. The zero-order valence-electron chi connectivity index (χ0n) is 6.49. The number of aliphatic hydroxyl groups excluding tert-OH is 1. The molecule has 0 aromatic carbocycles. The molecule has 0 aromatic rings. The van der Waals surface area contributed by atoms with E-state index >= 15 is 0 Å². The van der Waals surface area contributed by atoms with Crippen molar-refractivity contribution in [2.24, 2.45) is 0 Å². The van der Waals surface area contributed by atoms with Gasteiger partial charge in [0.05, 0.1) is 19.8 Å². The maximum Gasteiger partial charge on any atom is 0.124 e. The molecule has 0 aliphatic carbocycles. The van der Waals surface area contributed by atoms with Gasteiger partial charge in [-0.15, -0.1) is 0 Å². The highest BCUT2D eigenvalue weighted by molar-refractivity contribution is 5.08. The molecular weight excluding hydrogens is 144 g/mol. The van der Waals surface area contributed by atoms with E-state index in [1.165, 1.54) is 12.2 Å². The van der Waals surface area contributed by atoms with Crippen molar-refractivity contribution in [3.8, 4) is 0 Å². The summed E-state index contributed by atoms with van der Waals surface area (Å²) in [5.41, 5.74) is -1.17. The molecule has 0 aromatic heterocycles. The van der Waals surface area contributed by atoms with Gasteiger partial charge in [0.2, 0.25) is 0 Å². The topological polar surface area (TPSA) is 49.7 Å². The number of aliphatic hydroxyl groups is 2. The van der Waals surface area contributed by atoms with E-state index in [0.717, 1.165) is 0 Å². The lowest BCUT2D eigenvalue weighted by Gasteiger charge is -2.18. The van der Waals surface area contributed by atoms with Gasteiger partial charge in [-0.05, 0) is 0 Å². The maximum absolute atomic E-state index is 9.41. The quantitative estimate of drug-likeness (QED) is 0.425. The molecule has 0 aliphatic rings. The van der Waals surface area contributed by atoms with Crippen molar-refractivity contribution in [1.29, 1.82) is 0 Å². The molecule has 64 valence electrons. The second-order valence-corrected chi connectivity index (χ2v) is 2.18. The van der Waals surface area contributed by atoms with Gasteiger partial charge in [0.25, 0.3) is 0 Å². The van der Waals surface area contributed by atoms with Crippen LogP contribution in [-0.2, 0) is 4.74 Å². The summed E-state index contributed by atoms with van der Waals surface area (Å²) in [6, 6.07) is 0. The van der Waals surface area contributed by atoms with Crippen LogP contribution in [0, 0.1) is 0 Å². The summed E-state index contributed by atoms with van der Waals surface area (Å²) in [5, 5.41) is 17.8. The smallest absolute Gasteiger partial charge is 0.124 e. The van der Waals surface area contributed by atoms with E-state index in [9.17, 15) is 5.11 Å². The summed E-state index contributed by atoms with van der Waals surface area (Å²) < 4.78 is 4.89. The van der Waals surface area contributed by atoms with Crippen LogP contribution in [0.3, 0.4) is 0 Å². The van der Waals surface area contributed by atoms with Gasteiger partial charge < -0.3 is 14.9 Å². The summed E-state index contributed by atoms with van der Waals surface area (Å²) in [7, 11) is 0. The molecule has 0 fully saturated rings. The minimum atomic E-state index is -1.17. The lowest BCUT2D eigenvalue weighted by Crippen LogP contribution is -2.29. The van der Waals surface area contributed by atoms with E-state index in [1.54, 1.807) is 0 Å². The zero-order valence-corrected chi connectivity index (χ0v) is 6.49. The molecule has 0 unspecified atom stereocenters. The minimum Gasteiger partial charge on any atom is -0.394 e. The molecule has 11 heavy (non-hydrogen) atoms. The van der Waals surface area contributed by atoms with Crippen molar-refractivity contribution in [2.45, 2.75) is 5.60 Å². The fraction of sp³-hybridized carbons (Fsp3) is 0.500. The molecular formula is C8H14O3. The van der Waals surface area contributed by atoms with Crippen LogP contribution >= 0.6 is 0 Å². The van der Waals surface area contributed by atoms with Crippen LogP contribution in [0.1, 0.15) is 0 Å². The number of rotatable bonds is 6. The van der Waals surface area contributed by atoms with E-state index in [4.69, 9.17) is 9.84 Å². The molecule has 2 N–H and O–H groups in total. The lowest BCUT2D eigenvalue weighted by atomic mass is 10.1. The molecule has 3 heteroatoms. The summed E-state index contributed by atoms with van der Waals surface area (Å²) in [5.74, 6) is 0. The Morgan fingerprint density at radius 2 is 1.91 bits per heavy atom. The molecule has 0 heterocycles. The fourth-order valence-corrected chi connectivity index (χ4v) is 0.501. The van der Waals surface area contributed by atoms with Crippen molar-refractivity contribution < 1.29 is 14.9 Å². The van der Waals surface area contributed by atoms with Crippen molar-refractivity contribution in [3.05, 3.63) is 25.3 Å². The first-order valence-corrected chi connectivity index (χ1v) is 3.36. The Morgan fingerprint density at radius 3 is 2.27 bits per heavy atom. The monoisotopic (exact) mass is 158 g/mol. The van der Waals surface area contributed by atoms with Crippen LogP contribution in [0.4, 0.5) is 0 Å². The van der Waals surface area contributed by atoms with Gasteiger partial charge in [0.1, 0.15) is 5.60 Å². The Morgan fingerprint density at radius 1 is 1.36 bits per heavy atom. The SMILES string of the molecule is C=CC(O)(C=C)COCCO. The third kappa shape index (κ3) is 3.93. The number of hydrogen-bond acceptors (Lipinski definition) is 3. The first-order valence-electron chi connectivity index (χ1n) is 3.36. The molecule has 0 bridgehead atoms. The van der Waals surface area contributed by atoms with Crippen molar-refractivity contribution in [3.63, 3.8) is 0 Å². The van der Waals surface area contributed by atoms with Crippen LogP contribution in [0.5, 0.6) is 0 Å². The average Bonchev–Trinajstić information content (AvgIpc) is 2.05. The van der Waals surface area contributed by atoms with Gasteiger partial charge in [-0.25, -0.2) is 0 Å². The highest BCUT2D eigenvalue weighted by atomic mass is 16.5. The summed E-state index contributed by atoms with van der Waals surface area (Å²) in [6.07, 6.45) is 2.69. The van der Waals surface area contributed by atoms with Crippen LogP contribution in [0.15, 0.2) is 25.3 Å². The second kappa shape index (κ2) is 5.07. The first-order chi connectivity index (χ1) is 5.18. The third-order valence-electron chi connectivity index (χ3n) is 1.28. The average molecular weight is 158 g/mol. The normalized spacial score (nSPS) is 11.1.